The molecule has 0 saturated heterocycles. The molecule has 0 fully saturated rings. The van der Waals surface area contributed by atoms with E-state index in [9.17, 15) is 4.79 Å². The summed E-state index contributed by atoms with van der Waals surface area (Å²) in [5.41, 5.74) is 4.67. The molecular formula is C24H22N4OS. The van der Waals surface area contributed by atoms with Gasteiger partial charge < -0.3 is 5.32 Å². The van der Waals surface area contributed by atoms with Gasteiger partial charge in [0.05, 0.1) is 22.5 Å². The lowest BCUT2D eigenvalue weighted by Crippen LogP contribution is -2.18. The highest BCUT2D eigenvalue weighted by Crippen LogP contribution is 2.32. The van der Waals surface area contributed by atoms with Crippen molar-refractivity contribution in [3.05, 3.63) is 83.3 Å². The molecule has 0 aliphatic heterocycles. The highest BCUT2D eigenvalue weighted by molar-refractivity contribution is 7.99. The number of carbonyl (C=O) groups excluding carboxylic acids is 1. The average Bonchev–Trinajstić information content (AvgIpc) is 3.20. The Morgan fingerprint density at radius 1 is 1.13 bits per heavy atom. The van der Waals surface area contributed by atoms with Crippen LogP contribution in [0.25, 0.3) is 23.1 Å². The molecule has 0 saturated carbocycles. The van der Waals surface area contributed by atoms with Crippen LogP contribution in [0.3, 0.4) is 0 Å². The van der Waals surface area contributed by atoms with Gasteiger partial charge in [0.15, 0.2) is 0 Å². The van der Waals surface area contributed by atoms with Crippen LogP contribution in [0.15, 0.2) is 70.6 Å². The normalized spacial score (nSPS) is 11.3. The number of rotatable bonds is 6. The number of pyridine rings is 1. The zero-order valence-corrected chi connectivity index (χ0v) is 17.7. The van der Waals surface area contributed by atoms with Crippen LogP contribution in [0.4, 0.5) is 0 Å². The summed E-state index contributed by atoms with van der Waals surface area (Å²) in [6, 6.07) is 17.9. The van der Waals surface area contributed by atoms with E-state index in [1.807, 2.05) is 48.7 Å². The van der Waals surface area contributed by atoms with Crippen molar-refractivity contribution >= 4 is 40.7 Å². The summed E-state index contributed by atoms with van der Waals surface area (Å²) < 4.78 is 0. The van der Waals surface area contributed by atoms with E-state index in [1.165, 1.54) is 5.56 Å². The van der Waals surface area contributed by atoms with Gasteiger partial charge in [-0.1, -0.05) is 30.8 Å². The predicted octanol–water partition coefficient (Wildman–Crippen LogP) is 5.20. The summed E-state index contributed by atoms with van der Waals surface area (Å²) in [6.45, 7) is 2.13. The molecule has 30 heavy (non-hydrogen) atoms. The maximum Gasteiger partial charge on any atom is 0.252 e. The number of H-pyrrole nitrogens is 1. The fourth-order valence-corrected chi connectivity index (χ4v) is 4.17. The largest absolute Gasteiger partial charge is 0.355 e. The van der Waals surface area contributed by atoms with Gasteiger partial charge in [0.1, 0.15) is 0 Å². The van der Waals surface area contributed by atoms with Gasteiger partial charge in [-0.2, -0.15) is 5.10 Å². The highest BCUT2D eigenvalue weighted by Gasteiger charge is 2.11. The molecule has 0 aliphatic carbocycles. The summed E-state index contributed by atoms with van der Waals surface area (Å²) in [4.78, 5) is 18.5. The Kier molecular flexibility index (Phi) is 5.95. The summed E-state index contributed by atoms with van der Waals surface area (Å²) in [6.07, 6.45) is 6.78. The van der Waals surface area contributed by atoms with E-state index in [0.717, 1.165) is 38.5 Å². The lowest BCUT2D eigenvalue weighted by molar-refractivity contribution is 0.0960. The molecule has 4 rings (SSSR count). The van der Waals surface area contributed by atoms with E-state index in [2.05, 4.69) is 51.7 Å². The summed E-state index contributed by atoms with van der Waals surface area (Å²) >= 11 is 1.56. The Bertz CT molecular complexity index is 1230. The van der Waals surface area contributed by atoms with E-state index in [4.69, 9.17) is 0 Å². The molecule has 0 aliphatic rings. The number of nitrogens with zero attached hydrogens (tertiary/aromatic N) is 2. The number of benzene rings is 2. The minimum atomic E-state index is -0.0890. The number of hydrogen-bond acceptors (Lipinski definition) is 4. The van der Waals surface area contributed by atoms with Crippen LogP contribution < -0.4 is 5.32 Å². The number of fused-ring (bicyclic) bond motifs is 1. The SMILES string of the molecule is CCc1ccnc(/C=C/c2n[nH]c3cc(Sc4ccccc4C(=O)NC)ccc23)c1. The van der Waals surface area contributed by atoms with E-state index in [1.54, 1.807) is 18.8 Å². The molecular weight excluding hydrogens is 392 g/mol. The minimum Gasteiger partial charge on any atom is -0.355 e. The van der Waals surface area contributed by atoms with Crippen molar-refractivity contribution in [2.24, 2.45) is 0 Å². The number of hydrogen-bond donors (Lipinski definition) is 2. The smallest absolute Gasteiger partial charge is 0.252 e. The first-order chi connectivity index (χ1) is 14.7. The molecule has 0 spiro atoms. The van der Waals surface area contributed by atoms with Gasteiger partial charge >= 0.3 is 0 Å². The van der Waals surface area contributed by atoms with Gasteiger partial charge in [0.25, 0.3) is 5.91 Å². The third-order valence-corrected chi connectivity index (χ3v) is 5.88. The number of nitrogens with one attached hydrogen (secondary N) is 2. The molecule has 0 unspecified atom stereocenters. The van der Waals surface area contributed by atoms with Crippen LogP contribution in [0.1, 0.15) is 34.2 Å². The lowest BCUT2D eigenvalue weighted by Gasteiger charge is -2.08. The number of aryl methyl sites for hydroxylation is 1. The fourth-order valence-electron chi connectivity index (χ4n) is 3.19. The van der Waals surface area contributed by atoms with Crippen molar-refractivity contribution in [3.63, 3.8) is 0 Å². The minimum absolute atomic E-state index is 0.0890. The first-order valence-corrected chi connectivity index (χ1v) is 10.6. The molecule has 1 amide bonds. The molecule has 2 aromatic heterocycles. The summed E-state index contributed by atoms with van der Waals surface area (Å²) in [5, 5.41) is 11.3. The van der Waals surface area contributed by atoms with Crippen LogP contribution in [0, 0.1) is 0 Å². The Morgan fingerprint density at radius 2 is 2.00 bits per heavy atom. The number of aromatic amines is 1. The van der Waals surface area contributed by atoms with Crippen molar-refractivity contribution in [2.45, 2.75) is 23.1 Å². The van der Waals surface area contributed by atoms with Crippen LogP contribution in [0.5, 0.6) is 0 Å². The quantitative estimate of drug-likeness (QED) is 0.455. The van der Waals surface area contributed by atoms with Gasteiger partial charge in [0, 0.05) is 28.4 Å². The van der Waals surface area contributed by atoms with Crippen LogP contribution >= 0.6 is 11.8 Å². The van der Waals surface area contributed by atoms with E-state index in [-0.39, 0.29) is 5.91 Å². The third-order valence-electron chi connectivity index (χ3n) is 4.82. The van der Waals surface area contributed by atoms with Gasteiger partial charge in [-0.25, -0.2) is 0 Å². The van der Waals surface area contributed by atoms with Crippen molar-refractivity contribution in [3.8, 4) is 0 Å². The Labute approximate surface area is 179 Å². The van der Waals surface area contributed by atoms with Crippen molar-refractivity contribution in [1.82, 2.24) is 20.5 Å². The van der Waals surface area contributed by atoms with Crippen LogP contribution in [-0.4, -0.2) is 28.1 Å². The summed E-state index contributed by atoms with van der Waals surface area (Å²) in [7, 11) is 1.64. The zero-order chi connectivity index (χ0) is 20.9. The number of carbonyl (C=O) groups is 1. The Balaban J connectivity index is 1.59. The number of amides is 1. The first kappa shape index (κ1) is 19.9. The lowest BCUT2D eigenvalue weighted by atomic mass is 10.1. The van der Waals surface area contributed by atoms with Crippen molar-refractivity contribution in [2.75, 3.05) is 7.05 Å². The maximum absolute atomic E-state index is 12.1. The highest BCUT2D eigenvalue weighted by atomic mass is 32.2. The molecule has 6 heteroatoms. The van der Waals surface area contributed by atoms with Crippen LogP contribution in [0.2, 0.25) is 0 Å². The Morgan fingerprint density at radius 3 is 2.83 bits per heavy atom. The standard InChI is InChI=1S/C24H22N4OS/c1-3-16-12-13-26-17(14-16)8-11-21-19-10-9-18(15-22(19)28-27-21)30-23-7-5-4-6-20(23)24(29)25-2/h4-15H,3H2,1-2H3,(H,25,29)(H,27,28)/b11-8+. The molecule has 0 radical (unpaired) electrons. The second kappa shape index (κ2) is 8.97. The van der Waals surface area contributed by atoms with E-state index in [0.29, 0.717) is 5.56 Å². The molecule has 5 nitrogen and oxygen atoms in total. The average molecular weight is 415 g/mol. The third kappa shape index (κ3) is 4.28. The molecule has 150 valence electrons. The van der Waals surface area contributed by atoms with Crippen LogP contribution in [-0.2, 0) is 6.42 Å². The van der Waals surface area contributed by atoms with Gasteiger partial charge in [-0.15, -0.1) is 0 Å². The molecule has 4 aromatic rings. The van der Waals surface area contributed by atoms with Crippen molar-refractivity contribution in [1.29, 1.82) is 0 Å². The van der Waals surface area contributed by atoms with Gasteiger partial charge in [-0.05, 0) is 66.6 Å². The fraction of sp³-hybridized carbons (Fsp3) is 0.125. The van der Waals surface area contributed by atoms with E-state index < -0.39 is 0 Å². The maximum atomic E-state index is 12.1. The molecule has 2 aromatic carbocycles. The molecule has 2 heterocycles. The topological polar surface area (TPSA) is 70.7 Å². The van der Waals surface area contributed by atoms with Gasteiger partial charge in [-0.3, -0.25) is 14.9 Å². The monoisotopic (exact) mass is 414 g/mol. The zero-order valence-electron chi connectivity index (χ0n) is 16.8. The van der Waals surface area contributed by atoms with E-state index >= 15 is 0 Å². The summed E-state index contributed by atoms with van der Waals surface area (Å²) in [5.74, 6) is -0.0890. The molecule has 0 atom stereocenters. The second-order valence-corrected chi connectivity index (χ2v) is 7.88. The predicted molar refractivity (Wildman–Crippen MR) is 123 cm³/mol. The van der Waals surface area contributed by atoms with Gasteiger partial charge in [0.2, 0.25) is 0 Å². The molecule has 2 N–H and O–H groups in total. The first-order valence-electron chi connectivity index (χ1n) is 9.78. The Hall–Kier alpha value is -3.38. The molecule has 0 bridgehead atoms. The second-order valence-electron chi connectivity index (χ2n) is 6.77. The van der Waals surface area contributed by atoms with Crippen molar-refractivity contribution < 1.29 is 4.79 Å². The number of aromatic nitrogens is 3.